The molecule has 0 aliphatic heterocycles. The van der Waals surface area contributed by atoms with E-state index in [-0.39, 0.29) is 5.91 Å². The molecule has 4 aromatic rings. The number of nitrogens with zero attached hydrogens (tertiary/aromatic N) is 3. The summed E-state index contributed by atoms with van der Waals surface area (Å²) in [5, 5.41) is 14.0. The highest BCUT2D eigenvalue weighted by Crippen LogP contribution is 2.32. The minimum absolute atomic E-state index is 0.263. The number of thioether (sulfide) groups is 1. The van der Waals surface area contributed by atoms with E-state index in [2.05, 4.69) is 34.6 Å². The molecule has 0 aliphatic carbocycles. The van der Waals surface area contributed by atoms with Gasteiger partial charge in [-0.25, -0.2) is 0 Å². The molecular weight excluding hydrogens is 511 g/mol. The largest absolute Gasteiger partial charge is 0.342 e. The molecule has 1 heterocycles. The van der Waals surface area contributed by atoms with Gasteiger partial charge < -0.3 is 5.32 Å². The summed E-state index contributed by atoms with van der Waals surface area (Å²) in [4.78, 5) is 12.8. The van der Waals surface area contributed by atoms with Gasteiger partial charge in [0.15, 0.2) is 11.0 Å². The van der Waals surface area contributed by atoms with Gasteiger partial charge in [-0.15, -0.1) is 10.2 Å². The number of hydrogen-bond acceptors (Lipinski definition) is 4. The van der Waals surface area contributed by atoms with Gasteiger partial charge >= 0.3 is 0 Å². The van der Waals surface area contributed by atoms with Crippen molar-refractivity contribution in [3.05, 3.63) is 104 Å². The molecule has 0 bridgehead atoms. The predicted molar refractivity (Wildman–Crippen MR) is 139 cm³/mol. The molecule has 0 aliphatic rings. The number of benzene rings is 3. The van der Waals surface area contributed by atoms with Gasteiger partial charge in [-0.05, 0) is 61.4 Å². The minimum atomic E-state index is -0.460. The fourth-order valence-corrected chi connectivity index (χ4v) is 5.14. The summed E-state index contributed by atoms with van der Waals surface area (Å²) in [5.41, 5.74) is 3.55. The minimum Gasteiger partial charge on any atom is -0.342 e. The molecule has 0 spiro atoms. The maximum Gasteiger partial charge on any atom is 0.251 e. The zero-order valence-corrected chi connectivity index (χ0v) is 21.5. The van der Waals surface area contributed by atoms with Crippen LogP contribution < -0.4 is 5.32 Å². The summed E-state index contributed by atoms with van der Waals surface area (Å²) in [6.45, 7) is 3.93. The lowest BCUT2D eigenvalue weighted by molar-refractivity contribution is 0.0938. The first-order valence-corrected chi connectivity index (χ1v) is 12.6. The van der Waals surface area contributed by atoms with Gasteiger partial charge in [-0.2, -0.15) is 0 Å². The summed E-state index contributed by atoms with van der Waals surface area (Å²) < 4.78 is 1.87. The van der Waals surface area contributed by atoms with Crippen LogP contribution in [-0.4, -0.2) is 20.7 Å². The quantitative estimate of drug-likeness (QED) is 0.254. The van der Waals surface area contributed by atoms with E-state index in [0.29, 0.717) is 43.1 Å². The van der Waals surface area contributed by atoms with Gasteiger partial charge in [-0.3, -0.25) is 9.36 Å². The van der Waals surface area contributed by atoms with E-state index in [4.69, 9.17) is 34.8 Å². The fourth-order valence-electron chi connectivity index (χ4n) is 3.43. The average Bonchev–Trinajstić information content (AvgIpc) is 3.22. The van der Waals surface area contributed by atoms with Crippen LogP contribution in [0.25, 0.3) is 5.69 Å². The summed E-state index contributed by atoms with van der Waals surface area (Å²) in [6, 6.07) is 19.8. The Morgan fingerprint density at radius 1 is 1.00 bits per heavy atom. The Balaban J connectivity index is 1.67. The molecule has 1 N–H and O–H groups in total. The van der Waals surface area contributed by atoms with Crippen molar-refractivity contribution in [2.75, 3.05) is 0 Å². The SMILES string of the molecule is Cc1ccccc1CSc1nnc(C(C)NC(=O)c2cccc(Cl)c2)n1-c1ccc(Cl)cc1Cl. The fraction of sp³-hybridized carbons (Fsp3) is 0.160. The molecule has 3 aromatic carbocycles. The molecule has 1 aromatic heterocycles. The Kier molecular flexibility index (Phi) is 7.84. The number of carbonyl (C=O) groups excluding carboxylic acids is 1. The third-order valence-electron chi connectivity index (χ3n) is 5.25. The lowest BCUT2D eigenvalue weighted by Gasteiger charge is -2.17. The van der Waals surface area contributed by atoms with Crippen LogP contribution in [0.1, 0.15) is 40.3 Å². The summed E-state index contributed by atoms with van der Waals surface area (Å²) in [7, 11) is 0. The number of halogens is 3. The number of aryl methyl sites for hydroxylation is 1. The molecule has 9 heteroatoms. The highest BCUT2D eigenvalue weighted by molar-refractivity contribution is 7.98. The number of carbonyl (C=O) groups is 1. The van der Waals surface area contributed by atoms with Crippen LogP contribution in [0.2, 0.25) is 15.1 Å². The molecule has 1 atom stereocenters. The maximum absolute atomic E-state index is 12.8. The summed E-state index contributed by atoms with van der Waals surface area (Å²) in [6.07, 6.45) is 0. The second kappa shape index (κ2) is 10.8. The molecule has 0 saturated carbocycles. The number of hydrogen-bond donors (Lipinski definition) is 1. The van der Waals surface area contributed by atoms with Crippen LogP contribution >= 0.6 is 46.6 Å². The van der Waals surface area contributed by atoms with E-state index in [1.54, 1.807) is 48.2 Å². The first kappa shape index (κ1) is 24.6. The monoisotopic (exact) mass is 530 g/mol. The molecule has 1 amide bonds. The smallest absolute Gasteiger partial charge is 0.251 e. The number of aromatic nitrogens is 3. The molecule has 5 nitrogen and oxygen atoms in total. The van der Waals surface area contributed by atoms with Crippen LogP contribution in [0.5, 0.6) is 0 Å². The number of amides is 1. The summed E-state index contributed by atoms with van der Waals surface area (Å²) in [5.74, 6) is 0.993. The molecule has 174 valence electrons. The molecular formula is C25H21Cl3N4OS. The van der Waals surface area contributed by atoms with Gasteiger partial charge in [-0.1, -0.05) is 76.9 Å². The van der Waals surface area contributed by atoms with E-state index in [0.717, 1.165) is 0 Å². The van der Waals surface area contributed by atoms with Gasteiger partial charge in [0.05, 0.1) is 16.8 Å². The van der Waals surface area contributed by atoms with Gasteiger partial charge in [0, 0.05) is 21.4 Å². The molecule has 0 saturated heterocycles. The van der Waals surface area contributed by atoms with Crippen molar-refractivity contribution in [3.8, 4) is 5.69 Å². The van der Waals surface area contributed by atoms with Crippen LogP contribution in [0.4, 0.5) is 0 Å². The molecule has 34 heavy (non-hydrogen) atoms. The Bertz CT molecular complexity index is 1340. The Morgan fingerprint density at radius 3 is 2.50 bits per heavy atom. The standard InChI is InChI=1S/C25H21Cl3N4OS/c1-15-6-3-4-7-18(15)14-34-25-31-30-23(32(25)22-11-10-20(27)13-21(22)28)16(2)29-24(33)17-8-5-9-19(26)12-17/h3-13,16H,14H2,1-2H3,(H,29,33). The van der Waals surface area contributed by atoms with Crippen molar-refractivity contribution in [2.24, 2.45) is 0 Å². The predicted octanol–water partition coefficient (Wildman–Crippen LogP) is 7.32. The normalized spacial score (nSPS) is 11.9. The topological polar surface area (TPSA) is 59.8 Å². The molecule has 0 fully saturated rings. The zero-order valence-electron chi connectivity index (χ0n) is 18.4. The van der Waals surface area contributed by atoms with Gasteiger partial charge in [0.2, 0.25) is 0 Å². The van der Waals surface area contributed by atoms with Crippen LogP contribution in [0.15, 0.2) is 71.9 Å². The van der Waals surface area contributed by atoms with Crippen molar-refractivity contribution in [2.45, 2.75) is 30.8 Å². The second-order valence-corrected chi connectivity index (χ2v) is 9.92. The van der Waals surface area contributed by atoms with Crippen LogP contribution in [0.3, 0.4) is 0 Å². The lowest BCUT2D eigenvalue weighted by Crippen LogP contribution is -2.28. The summed E-state index contributed by atoms with van der Waals surface area (Å²) >= 11 is 20.3. The molecule has 0 radical (unpaired) electrons. The number of nitrogens with one attached hydrogen (secondary N) is 1. The van der Waals surface area contributed by atoms with E-state index < -0.39 is 6.04 Å². The Labute approximate surface area is 217 Å². The van der Waals surface area contributed by atoms with Gasteiger partial charge in [0.1, 0.15) is 0 Å². The maximum atomic E-state index is 12.8. The third kappa shape index (κ3) is 5.58. The van der Waals surface area contributed by atoms with Gasteiger partial charge in [0.25, 0.3) is 5.91 Å². The average molecular weight is 532 g/mol. The van der Waals surface area contributed by atoms with Crippen molar-refractivity contribution in [1.29, 1.82) is 0 Å². The lowest BCUT2D eigenvalue weighted by atomic mass is 10.1. The molecule has 4 rings (SSSR count). The zero-order chi connectivity index (χ0) is 24.2. The molecule has 1 unspecified atom stereocenters. The van der Waals surface area contributed by atoms with E-state index >= 15 is 0 Å². The van der Waals surface area contributed by atoms with Crippen molar-refractivity contribution >= 4 is 52.5 Å². The Hall–Kier alpha value is -2.51. The van der Waals surface area contributed by atoms with Crippen molar-refractivity contribution in [1.82, 2.24) is 20.1 Å². The third-order valence-corrected chi connectivity index (χ3v) is 7.00. The number of rotatable bonds is 7. The highest BCUT2D eigenvalue weighted by atomic mass is 35.5. The Morgan fingerprint density at radius 2 is 1.76 bits per heavy atom. The van der Waals surface area contributed by atoms with Crippen molar-refractivity contribution in [3.63, 3.8) is 0 Å². The highest BCUT2D eigenvalue weighted by Gasteiger charge is 2.23. The van der Waals surface area contributed by atoms with E-state index in [1.165, 1.54) is 11.1 Å². The van der Waals surface area contributed by atoms with E-state index in [9.17, 15) is 4.79 Å². The van der Waals surface area contributed by atoms with E-state index in [1.807, 2.05) is 29.7 Å². The van der Waals surface area contributed by atoms with Crippen molar-refractivity contribution < 1.29 is 4.79 Å². The first-order chi connectivity index (χ1) is 16.3. The van der Waals surface area contributed by atoms with Crippen LogP contribution in [0, 0.1) is 6.92 Å². The first-order valence-electron chi connectivity index (χ1n) is 10.5. The second-order valence-electron chi connectivity index (χ2n) is 7.69. The van der Waals surface area contributed by atoms with Crippen LogP contribution in [-0.2, 0) is 5.75 Å².